The lowest BCUT2D eigenvalue weighted by Gasteiger charge is -2.06. The van der Waals surface area contributed by atoms with E-state index in [0.717, 1.165) is 11.6 Å². The molecular formula is C20H30ClN2+. The summed E-state index contributed by atoms with van der Waals surface area (Å²) >= 11 is 6.00. The SMILES string of the molecule is CCCCCCCCCC[n+]1ccc(C)n1-c1ccc(Cl)cc1. The molecule has 0 fully saturated rings. The molecule has 0 saturated heterocycles. The fourth-order valence-corrected chi connectivity index (χ4v) is 3.18. The molecular weight excluding hydrogens is 304 g/mol. The monoisotopic (exact) mass is 333 g/mol. The van der Waals surface area contributed by atoms with Crippen LogP contribution in [0.1, 0.15) is 64.0 Å². The molecule has 0 N–H and O–H groups in total. The number of halogens is 1. The van der Waals surface area contributed by atoms with Crippen LogP contribution in [0.3, 0.4) is 0 Å². The van der Waals surface area contributed by atoms with Crippen molar-refractivity contribution < 1.29 is 4.68 Å². The average Bonchev–Trinajstić information content (AvgIpc) is 2.92. The lowest BCUT2D eigenvalue weighted by molar-refractivity contribution is -0.767. The Bertz CT molecular complexity index is 572. The highest BCUT2D eigenvalue weighted by Gasteiger charge is 2.13. The molecule has 0 bridgehead atoms. The molecule has 0 unspecified atom stereocenters. The highest BCUT2D eigenvalue weighted by Crippen LogP contribution is 2.14. The lowest BCUT2D eigenvalue weighted by atomic mass is 10.1. The number of unbranched alkanes of at least 4 members (excludes halogenated alkanes) is 7. The first-order valence-corrected chi connectivity index (χ1v) is 9.44. The van der Waals surface area contributed by atoms with E-state index in [0.29, 0.717) is 0 Å². The lowest BCUT2D eigenvalue weighted by Crippen LogP contribution is -2.42. The van der Waals surface area contributed by atoms with Gasteiger partial charge in [-0.2, -0.15) is 0 Å². The summed E-state index contributed by atoms with van der Waals surface area (Å²) in [6.07, 6.45) is 13.0. The van der Waals surface area contributed by atoms with Crippen LogP contribution in [0.5, 0.6) is 0 Å². The van der Waals surface area contributed by atoms with Gasteiger partial charge in [-0.1, -0.05) is 57.0 Å². The minimum Gasteiger partial charge on any atom is -0.126 e. The van der Waals surface area contributed by atoms with Crippen LogP contribution in [0.15, 0.2) is 36.5 Å². The van der Waals surface area contributed by atoms with Gasteiger partial charge in [-0.3, -0.25) is 0 Å². The molecule has 1 aromatic heterocycles. The summed E-state index contributed by atoms with van der Waals surface area (Å²) in [6.45, 7) is 5.50. The highest BCUT2D eigenvalue weighted by atomic mass is 35.5. The van der Waals surface area contributed by atoms with Gasteiger partial charge in [0.05, 0.1) is 5.69 Å². The fraction of sp³-hybridized carbons (Fsp3) is 0.550. The van der Waals surface area contributed by atoms with Crippen LogP contribution in [-0.2, 0) is 6.54 Å². The quantitative estimate of drug-likeness (QED) is 0.380. The van der Waals surface area contributed by atoms with Crippen LogP contribution in [0, 0.1) is 6.92 Å². The van der Waals surface area contributed by atoms with Gasteiger partial charge >= 0.3 is 0 Å². The maximum absolute atomic E-state index is 6.00. The van der Waals surface area contributed by atoms with E-state index in [9.17, 15) is 0 Å². The van der Waals surface area contributed by atoms with Gasteiger partial charge in [-0.25, -0.2) is 0 Å². The Hall–Kier alpha value is -1.28. The van der Waals surface area contributed by atoms with Gasteiger partial charge in [-0.15, -0.1) is 9.36 Å². The first-order chi connectivity index (χ1) is 11.2. The molecule has 0 radical (unpaired) electrons. The number of aromatic nitrogens is 2. The van der Waals surface area contributed by atoms with E-state index in [1.54, 1.807) is 0 Å². The Balaban J connectivity index is 1.81. The van der Waals surface area contributed by atoms with Gasteiger partial charge in [0.15, 0.2) is 12.7 Å². The van der Waals surface area contributed by atoms with Crippen LogP contribution < -0.4 is 4.68 Å². The molecule has 2 nitrogen and oxygen atoms in total. The zero-order chi connectivity index (χ0) is 16.5. The van der Waals surface area contributed by atoms with Crippen molar-refractivity contribution in [1.29, 1.82) is 0 Å². The summed E-state index contributed by atoms with van der Waals surface area (Å²) in [6, 6.07) is 10.3. The van der Waals surface area contributed by atoms with Crippen molar-refractivity contribution >= 4 is 11.6 Å². The summed E-state index contributed by atoms with van der Waals surface area (Å²) in [7, 11) is 0. The smallest absolute Gasteiger partial charge is 0.126 e. The van der Waals surface area contributed by atoms with Gasteiger partial charge < -0.3 is 0 Å². The standard InChI is InChI=1S/C20H30ClN2/c1-3-4-5-6-7-8-9-10-16-22-17-15-18(2)23(22)20-13-11-19(21)12-14-20/h11-15,17H,3-10,16H2,1-2H3/q+1. The first kappa shape index (κ1) is 18.1. The number of benzene rings is 1. The largest absolute Gasteiger partial charge is 0.196 e. The third-order valence-electron chi connectivity index (χ3n) is 4.39. The molecule has 0 aliphatic carbocycles. The number of aryl methyl sites for hydroxylation is 2. The molecule has 1 heterocycles. The van der Waals surface area contributed by atoms with Crippen molar-refractivity contribution in [3.05, 3.63) is 47.2 Å². The second-order valence-electron chi connectivity index (χ2n) is 6.38. The topological polar surface area (TPSA) is 8.81 Å². The van der Waals surface area contributed by atoms with E-state index in [4.69, 9.17) is 11.6 Å². The minimum absolute atomic E-state index is 0.785. The van der Waals surface area contributed by atoms with E-state index < -0.39 is 0 Å². The summed E-state index contributed by atoms with van der Waals surface area (Å²) in [5, 5.41) is 0.785. The Kier molecular flexibility index (Phi) is 7.67. The third-order valence-corrected chi connectivity index (χ3v) is 4.64. The van der Waals surface area contributed by atoms with E-state index in [1.165, 1.54) is 62.7 Å². The van der Waals surface area contributed by atoms with Crippen molar-refractivity contribution in [2.24, 2.45) is 0 Å². The van der Waals surface area contributed by atoms with E-state index in [-0.39, 0.29) is 0 Å². The predicted molar refractivity (Wildman–Crippen MR) is 98.3 cm³/mol. The minimum atomic E-state index is 0.785. The van der Waals surface area contributed by atoms with Crippen molar-refractivity contribution in [3.8, 4) is 5.69 Å². The van der Waals surface area contributed by atoms with Gasteiger partial charge in [0.25, 0.3) is 0 Å². The van der Waals surface area contributed by atoms with Crippen LogP contribution in [0.2, 0.25) is 5.02 Å². The molecule has 3 heteroatoms. The second kappa shape index (κ2) is 9.77. The van der Waals surface area contributed by atoms with E-state index in [1.807, 2.05) is 12.1 Å². The molecule has 0 atom stereocenters. The van der Waals surface area contributed by atoms with Crippen LogP contribution in [0.25, 0.3) is 5.69 Å². The maximum Gasteiger partial charge on any atom is 0.196 e. The number of hydrogen-bond acceptors (Lipinski definition) is 0. The predicted octanol–water partition coefficient (Wildman–Crippen LogP) is 5.87. The highest BCUT2D eigenvalue weighted by molar-refractivity contribution is 6.30. The Labute approximate surface area is 146 Å². The van der Waals surface area contributed by atoms with Crippen molar-refractivity contribution in [1.82, 2.24) is 4.68 Å². The summed E-state index contributed by atoms with van der Waals surface area (Å²) < 4.78 is 4.59. The molecule has 0 aliphatic rings. The van der Waals surface area contributed by atoms with E-state index in [2.05, 4.69) is 47.6 Å². The molecule has 2 rings (SSSR count). The number of rotatable bonds is 10. The first-order valence-electron chi connectivity index (χ1n) is 9.06. The van der Waals surface area contributed by atoms with Crippen molar-refractivity contribution in [3.63, 3.8) is 0 Å². The zero-order valence-corrected chi connectivity index (χ0v) is 15.4. The Morgan fingerprint density at radius 2 is 1.48 bits per heavy atom. The average molecular weight is 334 g/mol. The summed E-state index contributed by atoms with van der Waals surface area (Å²) in [5.74, 6) is 0. The molecule has 126 valence electrons. The van der Waals surface area contributed by atoms with E-state index >= 15 is 0 Å². The molecule has 23 heavy (non-hydrogen) atoms. The molecule has 0 aliphatic heterocycles. The van der Waals surface area contributed by atoms with Crippen LogP contribution in [0.4, 0.5) is 0 Å². The fourth-order valence-electron chi connectivity index (χ4n) is 3.05. The third kappa shape index (κ3) is 5.69. The summed E-state index contributed by atoms with van der Waals surface area (Å²) in [4.78, 5) is 0. The van der Waals surface area contributed by atoms with Gasteiger partial charge in [-0.05, 0) is 37.6 Å². The Morgan fingerprint density at radius 1 is 0.870 bits per heavy atom. The maximum atomic E-state index is 6.00. The second-order valence-corrected chi connectivity index (χ2v) is 6.82. The Morgan fingerprint density at radius 3 is 2.13 bits per heavy atom. The molecule has 0 spiro atoms. The van der Waals surface area contributed by atoms with Crippen LogP contribution >= 0.6 is 11.6 Å². The summed E-state index contributed by atoms with van der Waals surface area (Å²) in [5.41, 5.74) is 2.43. The van der Waals surface area contributed by atoms with Crippen molar-refractivity contribution in [2.45, 2.75) is 71.8 Å². The molecule has 0 amide bonds. The van der Waals surface area contributed by atoms with Gasteiger partial charge in [0.1, 0.15) is 5.69 Å². The van der Waals surface area contributed by atoms with Crippen molar-refractivity contribution in [2.75, 3.05) is 0 Å². The molecule has 0 saturated carbocycles. The molecule has 2 aromatic rings. The molecule has 1 aromatic carbocycles. The number of hydrogen-bond donors (Lipinski definition) is 0. The van der Waals surface area contributed by atoms with Gasteiger partial charge in [0, 0.05) is 17.5 Å². The normalized spacial score (nSPS) is 11.1. The van der Waals surface area contributed by atoms with Crippen LogP contribution in [-0.4, -0.2) is 4.68 Å². The van der Waals surface area contributed by atoms with Gasteiger partial charge in [0.2, 0.25) is 0 Å². The number of nitrogens with zero attached hydrogens (tertiary/aromatic N) is 2. The zero-order valence-electron chi connectivity index (χ0n) is 14.6.